The molecule has 2 atom stereocenters. The fraction of sp³-hybridized carbons (Fsp3) is 1.00. The highest BCUT2D eigenvalue weighted by Gasteiger charge is 2.42. The van der Waals surface area contributed by atoms with Crippen molar-refractivity contribution in [3.63, 3.8) is 0 Å². The van der Waals surface area contributed by atoms with Gasteiger partial charge in [-0.25, -0.2) is 0 Å². The number of piperidine rings is 2. The van der Waals surface area contributed by atoms with E-state index in [0.717, 1.165) is 12.8 Å². The molecule has 2 saturated heterocycles. The van der Waals surface area contributed by atoms with Gasteiger partial charge in [-0.1, -0.05) is 13.3 Å². The van der Waals surface area contributed by atoms with E-state index in [4.69, 9.17) is 0 Å². The number of hydrogen-bond acceptors (Lipinski definition) is 2. The summed E-state index contributed by atoms with van der Waals surface area (Å²) in [5.41, 5.74) is -0.389. The third-order valence-electron chi connectivity index (χ3n) is 3.85. The molecule has 2 aliphatic heterocycles. The molecule has 2 nitrogen and oxygen atoms in total. The highest BCUT2D eigenvalue weighted by molar-refractivity contribution is 4.97. The summed E-state index contributed by atoms with van der Waals surface area (Å²) in [6.07, 6.45) is 7.19. The molecule has 0 aromatic rings. The average molecular weight is 197 g/mol. The number of fused-ring (bicyclic) bond motifs is 2. The normalized spacial score (nSPS) is 43.9. The summed E-state index contributed by atoms with van der Waals surface area (Å²) in [5.74, 6) is 0. The Hall–Kier alpha value is -0.0800. The van der Waals surface area contributed by atoms with Gasteiger partial charge in [0.15, 0.2) is 0 Å². The number of rotatable bonds is 2. The minimum Gasteiger partial charge on any atom is -0.390 e. The molecule has 14 heavy (non-hydrogen) atoms. The molecule has 0 radical (unpaired) electrons. The minimum atomic E-state index is -0.389. The molecule has 2 bridgehead atoms. The number of nitrogens with zero attached hydrogens (tertiary/aromatic N) is 1. The summed E-state index contributed by atoms with van der Waals surface area (Å²) in [4.78, 5) is 2.65. The first-order chi connectivity index (χ1) is 6.62. The molecule has 2 heteroatoms. The lowest BCUT2D eigenvalue weighted by molar-refractivity contribution is -0.0811. The summed E-state index contributed by atoms with van der Waals surface area (Å²) in [5, 5.41) is 10.1. The lowest BCUT2D eigenvalue weighted by Crippen LogP contribution is -2.57. The van der Waals surface area contributed by atoms with Gasteiger partial charge in [-0.05, 0) is 45.6 Å². The van der Waals surface area contributed by atoms with Crippen LogP contribution in [-0.2, 0) is 0 Å². The van der Waals surface area contributed by atoms with Gasteiger partial charge in [-0.2, -0.15) is 0 Å². The Morgan fingerprint density at radius 2 is 1.86 bits per heavy atom. The maximum atomic E-state index is 10.1. The summed E-state index contributed by atoms with van der Waals surface area (Å²) < 4.78 is 0. The molecule has 2 rings (SSSR count). The smallest absolute Gasteiger partial charge is 0.0649 e. The third kappa shape index (κ3) is 1.96. The second-order valence-electron chi connectivity index (χ2n) is 5.38. The quantitative estimate of drug-likeness (QED) is 0.733. The van der Waals surface area contributed by atoms with Crippen LogP contribution in [0.3, 0.4) is 0 Å². The van der Waals surface area contributed by atoms with Crippen molar-refractivity contribution in [3.8, 4) is 0 Å². The largest absolute Gasteiger partial charge is 0.390 e. The predicted molar refractivity (Wildman–Crippen MR) is 58.3 cm³/mol. The molecule has 0 unspecified atom stereocenters. The Kier molecular flexibility index (Phi) is 2.85. The summed E-state index contributed by atoms with van der Waals surface area (Å²) in [6.45, 7) is 5.50. The van der Waals surface area contributed by atoms with Gasteiger partial charge in [0.25, 0.3) is 0 Å². The summed E-state index contributed by atoms with van der Waals surface area (Å²) >= 11 is 0. The molecule has 0 aromatic heterocycles. The zero-order valence-electron chi connectivity index (χ0n) is 9.50. The topological polar surface area (TPSA) is 23.5 Å². The van der Waals surface area contributed by atoms with E-state index < -0.39 is 0 Å². The van der Waals surface area contributed by atoms with Gasteiger partial charge in [-0.15, -0.1) is 0 Å². The van der Waals surface area contributed by atoms with Crippen molar-refractivity contribution in [1.29, 1.82) is 0 Å². The highest BCUT2D eigenvalue weighted by Crippen LogP contribution is 2.38. The molecular formula is C12H23NO. The van der Waals surface area contributed by atoms with Crippen LogP contribution >= 0.6 is 0 Å². The third-order valence-corrected chi connectivity index (χ3v) is 3.85. The lowest BCUT2D eigenvalue weighted by atomic mass is 9.76. The van der Waals surface area contributed by atoms with Crippen molar-refractivity contribution in [2.45, 2.75) is 70.1 Å². The Morgan fingerprint density at radius 1 is 1.29 bits per heavy atom. The van der Waals surface area contributed by atoms with E-state index >= 15 is 0 Å². The fourth-order valence-electron chi connectivity index (χ4n) is 3.38. The molecule has 0 saturated carbocycles. The Labute approximate surface area is 87.3 Å². The fourth-order valence-corrected chi connectivity index (χ4v) is 3.38. The van der Waals surface area contributed by atoms with Crippen LogP contribution in [0.1, 0.15) is 52.4 Å². The van der Waals surface area contributed by atoms with E-state index in [-0.39, 0.29) is 5.60 Å². The highest BCUT2D eigenvalue weighted by atomic mass is 16.3. The van der Waals surface area contributed by atoms with Crippen LogP contribution in [0, 0.1) is 0 Å². The van der Waals surface area contributed by atoms with E-state index in [2.05, 4.69) is 11.8 Å². The molecular weight excluding hydrogens is 174 g/mol. The number of hydrogen-bond donors (Lipinski definition) is 1. The second-order valence-corrected chi connectivity index (χ2v) is 5.38. The van der Waals surface area contributed by atoms with Crippen LogP contribution in [0.25, 0.3) is 0 Å². The standard InChI is InChI=1S/C12H23NO/c1-3-7-13-10-5-4-6-11(13)9-12(2,14)8-10/h10-11,14H,3-9H2,1-2H3/t10-,11-/m0/s1. The Bertz CT molecular complexity index is 186. The van der Waals surface area contributed by atoms with Crippen molar-refractivity contribution < 1.29 is 5.11 Å². The monoisotopic (exact) mass is 197 g/mol. The van der Waals surface area contributed by atoms with E-state index in [1.165, 1.54) is 32.2 Å². The van der Waals surface area contributed by atoms with Crippen LogP contribution < -0.4 is 0 Å². The second kappa shape index (κ2) is 3.82. The molecule has 1 N–H and O–H groups in total. The van der Waals surface area contributed by atoms with Crippen molar-refractivity contribution in [2.24, 2.45) is 0 Å². The van der Waals surface area contributed by atoms with Gasteiger partial charge in [0, 0.05) is 12.1 Å². The first-order valence-corrected chi connectivity index (χ1v) is 6.10. The maximum absolute atomic E-state index is 10.1. The van der Waals surface area contributed by atoms with Crippen molar-refractivity contribution >= 4 is 0 Å². The predicted octanol–water partition coefficient (Wildman–Crippen LogP) is 2.16. The van der Waals surface area contributed by atoms with Crippen LogP contribution in [0.15, 0.2) is 0 Å². The van der Waals surface area contributed by atoms with E-state index in [0.29, 0.717) is 12.1 Å². The van der Waals surface area contributed by atoms with Crippen LogP contribution in [-0.4, -0.2) is 34.2 Å². The van der Waals surface area contributed by atoms with Gasteiger partial charge < -0.3 is 5.11 Å². The van der Waals surface area contributed by atoms with Crippen molar-refractivity contribution in [3.05, 3.63) is 0 Å². The zero-order chi connectivity index (χ0) is 10.2. The molecule has 0 spiro atoms. The molecule has 2 aliphatic rings. The van der Waals surface area contributed by atoms with E-state index in [1.807, 2.05) is 6.92 Å². The minimum absolute atomic E-state index is 0.389. The molecule has 0 aromatic carbocycles. The summed E-state index contributed by atoms with van der Waals surface area (Å²) in [7, 11) is 0. The summed E-state index contributed by atoms with van der Waals surface area (Å²) in [6, 6.07) is 1.33. The molecule has 0 amide bonds. The maximum Gasteiger partial charge on any atom is 0.0649 e. The van der Waals surface area contributed by atoms with Crippen molar-refractivity contribution in [1.82, 2.24) is 4.90 Å². The first-order valence-electron chi connectivity index (χ1n) is 6.10. The van der Waals surface area contributed by atoms with E-state index in [9.17, 15) is 5.11 Å². The van der Waals surface area contributed by atoms with Crippen LogP contribution in [0.2, 0.25) is 0 Å². The molecule has 2 fully saturated rings. The van der Waals surface area contributed by atoms with Crippen molar-refractivity contribution in [2.75, 3.05) is 6.54 Å². The first kappa shape index (κ1) is 10.4. The molecule has 82 valence electrons. The lowest BCUT2D eigenvalue weighted by Gasteiger charge is -2.51. The SMILES string of the molecule is CCCN1[C@H]2CCC[C@H]1CC(C)(O)C2. The average Bonchev–Trinajstić information content (AvgIpc) is 2.06. The van der Waals surface area contributed by atoms with Gasteiger partial charge >= 0.3 is 0 Å². The van der Waals surface area contributed by atoms with Gasteiger partial charge in [0.1, 0.15) is 0 Å². The Morgan fingerprint density at radius 3 is 2.36 bits per heavy atom. The van der Waals surface area contributed by atoms with Gasteiger partial charge in [0.2, 0.25) is 0 Å². The van der Waals surface area contributed by atoms with Gasteiger partial charge in [0.05, 0.1) is 5.60 Å². The van der Waals surface area contributed by atoms with E-state index in [1.54, 1.807) is 0 Å². The number of aliphatic hydroxyl groups is 1. The van der Waals surface area contributed by atoms with Gasteiger partial charge in [-0.3, -0.25) is 4.90 Å². The zero-order valence-corrected chi connectivity index (χ0v) is 9.50. The Balaban J connectivity index is 2.07. The van der Waals surface area contributed by atoms with Crippen LogP contribution in [0.5, 0.6) is 0 Å². The van der Waals surface area contributed by atoms with Crippen LogP contribution in [0.4, 0.5) is 0 Å². The molecule has 2 heterocycles. The molecule has 0 aliphatic carbocycles.